The zero-order chi connectivity index (χ0) is 13.9. The van der Waals surface area contributed by atoms with Gasteiger partial charge in [0, 0.05) is 6.04 Å². The summed E-state index contributed by atoms with van der Waals surface area (Å²) in [7, 11) is 0. The summed E-state index contributed by atoms with van der Waals surface area (Å²) in [5, 5.41) is 3.15. The maximum atomic E-state index is 12.2. The number of nitrogens with zero attached hydrogens (tertiary/aromatic N) is 1. The van der Waals surface area contributed by atoms with E-state index < -0.39 is 18.6 Å². The van der Waals surface area contributed by atoms with Crippen LogP contribution >= 0.6 is 11.5 Å². The molecule has 8 heteroatoms. The first-order valence-corrected chi connectivity index (χ1v) is 6.21. The summed E-state index contributed by atoms with van der Waals surface area (Å²) in [6, 6.07) is -0.764. The summed E-state index contributed by atoms with van der Waals surface area (Å²) < 4.78 is 45.9. The Balaban J connectivity index is 2.72. The number of nitrogen functional groups attached to an aromatic ring is 1. The van der Waals surface area contributed by atoms with Crippen LogP contribution in [0.4, 0.5) is 24.0 Å². The molecule has 0 bridgehead atoms. The lowest BCUT2D eigenvalue weighted by molar-refractivity contribution is -0.136. The highest BCUT2D eigenvalue weighted by Crippen LogP contribution is 2.37. The summed E-state index contributed by atoms with van der Waals surface area (Å²) in [6.07, 6.45) is -5.25. The van der Waals surface area contributed by atoms with E-state index in [0.717, 1.165) is 11.5 Å². The Morgan fingerprint density at radius 1 is 1.39 bits per heavy atom. The van der Waals surface area contributed by atoms with Crippen molar-refractivity contribution in [3.63, 3.8) is 0 Å². The van der Waals surface area contributed by atoms with Gasteiger partial charge in [0.2, 0.25) is 0 Å². The third kappa shape index (κ3) is 4.59. The quantitative estimate of drug-likeness (QED) is 0.870. The van der Waals surface area contributed by atoms with E-state index in [-0.39, 0.29) is 11.9 Å². The average molecular weight is 283 g/mol. The van der Waals surface area contributed by atoms with Crippen LogP contribution in [0.15, 0.2) is 0 Å². The van der Waals surface area contributed by atoms with Gasteiger partial charge in [0.15, 0.2) is 16.6 Å². The van der Waals surface area contributed by atoms with Gasteiger partial charge in [0.05, 0.1) is 12.5 Å². The number of ether oxygens (including phenoxy) is 1. The van der Waals surface area contributed by atoms with Crippen LogP contribution in [0.3, 0.4) is 0 Å². The van der Waals surface area contributed by atoms with Crippen molar-refractivity contribution in [1.82, 2.24) is 4.37 Å². The van der Waals surface area contributed by atoms with E-state index >= 15 is 0 Å². The number of nitrogens with two attached hydrogens (primary N) is 1. The zero-order valence-corrected chi connectivity index (χ0v) is 11.2. The first-order chi connectivity index (χ1) is 8.19. The molecule has 0 amide bonds. The standard InChI is InChI=1S/C10H16F3N3OS/c1-5(2)17-7-8(14)16-18-9(7)15-6(3)4-10(11,12)13/h5-6,15H,4H2,1-3H3,(H2,14,16). The topological polar surface area (TPSA) is 60.2 Å². The van der Waals surface area contributed by atoms with Crippen LogP contribution in [0.2, 0.25) is 0 Å². The fourth-order valence-electron chi connectivity index (χ4n) is 1.36. The molecule has 18 heavy (non-hydrogen) atoms. The highest BCUT2D eigenvalue weighted by molar-refractivity contribution is 7.11. The van der Waals surface area contributed by atoms with Crippen molar-refractivity contribution in [1.29, 1.82) is 0 Å². The van der Waals surface area contributed by atoms with Gasteiger partial charge in [-0.1, -0.05) is 0 Å². The third-order valence-electron chi connectivity index (χ3n) is 1.94. The molecular formula is C10H16F3N3OS. The van der Waals surface area contributed by atoms with Crippen molar-refractivity contribution in [2.24, 2.45) is 0 Å². The Hall–Kier alpha value is -1.18. The lowest BCUT2D eigenvalue weighted by atomic mass is 10.2. The van der Waals surface area contributed by atoms with Gasteiger partial charge in [0.1, 0.15) is 0 Å². The lowest BCUT2D eigenvalue weighted by Gasteiger charge is -2.17. The molecule has 0 fully saturated rings. The van der Waals surface area contributed by atoms with Gasteiger partial charge >= 0.3 is 6.18 Å². The molecule has 3 N–H and O–H groups in total. The number of halogens is 3. The van der Waals surface area contributed by atoms with E-state index in [4.69, 9.17) is 10.5 Å². The monoisotopic (exact) mass is 283 g/mol. The van der Waals surface area contributed by atoms with Crippen molar-refractivity contribution < 1.29 is 17.9 Å². The average Bonchev–Trinajstić information content (AvgIpc) is 2.46. The molecule has 1 atom stereocenters. The van der Waals surface area contributed by atoms with Crippen LogP contribution in [0.25, 0.3) is 0 Å². The first kappa shape index (κ1) is 14.9. The zero-order valence-electron chi connectivity index (χ0n) is 10.3. The Bertz CT molecular complexity index is 392. The summed E-state index contributed by atoms with van der Waals surface area (Å²) >= 11 is 0.994. The second-order valence-electron chi connectivity index (χ2n) is 4.26. The normalized spacial score (nSPS) is 13.7. The molecule has 1 aromatic rings. The summed E-state index contributed by atoms with van der Waals surface area (Å²) in [5.41, 5.74) is 5.60. The second kappa shape index (κ2) is 5.64. The predicted octanol–water partition coefficient (Wildman–Crippen LogP) is 3.27. The Labute approximate surface area is 107 Å². The molecule has 0 aromatic carbocycles. The Morgan fingerprint density at radius 3 is 2.50 bits per heavy atom. The molecule has 1 unspecified atom stereocenters. The van der Waals surface area contributed by atoms with Crippen LogP contribution in [0.1, 0.15) is 27.2 Å². The minimum atomic E-state index is -4.21. The fourth-order valence-corrected chi connectivity index (χ4v) is 2.12. The van der Waals surface area contributed by atoms with Gasteiger partial charge in [-0.25, -0.2) is 0 Å². The number of aromatic nitrogens is 1. The highest BCUT2D eigenvalue weighted by atomic mass is 32.1. The summed E-state index contributed by atoms with van der Waals surface area (Å²) in [6.45, 7) is 5.06. The number of hydrogen-bond donors (Lipinski definition) is 2. The van der Waals surface area contributed by atoms with Gasteiger partial charge in [-0.15, -0.1) is 0 Å². The van der Waals surface area contributed by atoms with E-state index in [1.807, 2.05) is 0 Å². The molecule has 0 aliphatic rings. The molecule has 1 aromatic heterocycles. The summed E-state index contributed by atoms with van der Waals surface area (Å²) in [4.78, 5) is 0. The maximum Gasteiger partial charge on any atom is 0.391 e. The molecule has 0 saturated heterocycles. The van der Waals surface area contributed by atoms with Crippen LogP contribution in [-0.4, -0.2) is 22.7 Å². The van der Waals surface area contributed by atoms with Gasteiger partial charge in [-0.05, 0) is 32.3 Å². The summed E-state index contributed by atoms with van der Waals surface area (Å²) in [5.74, 6) is 0.513. The predicted molar refractivity (Wildman–Crippen MR) is 66.0 cm³/mol. The lowest BCUT2D eigenvalue weighted by Crippen LogP contribution is -2.23. The molecule has 1 heterocycles. The van der Waals surface area contributed by atoms with Gasteiger partial charge in [0.25, 0.3) is 0 Å². The van der Waals surface area contributed by atoms with Crippen LogP contribution < -0.4 is 15.8 Å². The molecule has 0 aliphatic heterocycles. The Kier molecular flexibility index (Phi) is 4.66. The molecule has 0 aliphatic carbocycles. The van der Waals surface area contributed by atoms with E-state index in [9.17, 15) is 13.2 Å². The SMILES string of the molecule is CC(CC(F)(F)F)Nc1snc(N)c1OC(C)C. The van der Waals surface area contributed by atoms with Crippen molar-refractivity contribution in [3.05, 3.63) is 0 Å². The van der Waals surface area contributed by atoms with Crippen molar-refractivity contribution in [3.8, 4) is 5.75 Å². The van der Waals surface area contributed by atoms with Crippen LogP contribution in [-0.2, 0) is 0 Å². The molecule has 0 spiro atoms. The molecule has 0 radical (unpaired) electrons. The molecule has 104 valence electrons. The number of rotatable bonds is 5. The second-order valence-corrected chi connectivity index (χ2v) is 5.03. The van der Waals surface area contributed by atoms with Crippen LogP contribution in [0.5, 0.6) is 5.75 Å². The fraction of sp³-hybridized carbons (Fsp3) is 0.700. The van der Waals surface area contributed by atoms with Crippen molar-refractivity contribution in [2.45, 2.75) is 45.5 Å². The minimum Gasteiger partial charge on any atom is -0.484 e. The van der Waals surface area contributed by atoms with E-state index in [0.29, 0.717) is 10.8 Å². The smallest absolute Gasteiger partial charge is 0.391 e. The number of anilines is 2. The van der Waals surface area contributed by atoms with E-state index in [1.54, 1.807) is 13.8 Å². The molecule has 0 saturated carbocycles. The van der Waals surface area contributed by atoms with E-state index in [2.05, 4.69) is 9.69 Å². The van der Waals surface area contributed by atoms with Crippen LogP contribution in [0, 0.1) is 0 Å². The number of alkyl halides is 3. The highest BCUT2D eigenvalue weighted by Gasteiger charge is 2.30. The van der Waals surface area contributed by atoms with Gasteiger partial charge in [-0.3, -0.25) is 0 Å². The molecular weight excluding hydrogens is 267 g/mol. The van der Waals surface area contributed by atoms with Gasteiger partial charge in [-0.2, -0.15) is 17.5 Å². The molecule has 1 rings (SSSR count). The minimum absolute atomic E-state index is 0.123. The van der Waals surface area contributed by atoms with Gasteiger partial charge < -0.3 is 15.8 Å². The Morgan fingerprint density at radius 2 is 2.00 bits per heavy atom. The first-order valence-electron chi connectivity index (χ1n) is 5.44. The molecule has 4 nitrogen and oxygen atoms in total. The number of hydrogen-bond acceptors (Lipinski definition) is 5. The largest absolute Gasteiger partial charge is 0.484 e. The third-order valence-corrected chi connectivity index (χ3v) is 2.72. The van der Waals surface area contributed by atoms with Crippen molar-refractivity contribution in [2.75, 3.05) is 11.1 Å². The number of nitrogens with one attached hydrogen (secondary N) is 1. The van der Waals surface area contributed by atoms with Crippen molar-refractivity contribution >= 4 is 22.4 Å². The van der Waals surface area contributed by atoms with E-state index in [1.165, 1.54) is 6.92 Å². The maximum absolute atomic E-state index is 12.2.